The normalized spacial score (nSPS) is 25.2. The summed E-state index contributed by atoms with van der Waals surface area (Å²) in [6.07, 6.45) is 7.90. The predicted molar refractivity (Wildman–Crippen MR) is 146 cm³/mol. The van der Waals surface area contributed by atoms with Gasteiger partial charge in [-0.1, -0.05) is 68.2 Å². The second kappa shape index (κ2) is 11.2. The first-order chi connectivity index (χ1) is 18.4. The Hall–Kier alpha value is -3.25. The van der Waals surface area contributed by atoms with Crippen molar-refractivity contribution >= 4 is 23.6 Å². The Bertz CT molecular complexity index is 1270. The summed E-state index contributed by atoms with van der Waals surface area (Å²) in [4.78, 5) is 28.5. The fourth-order valence-corrected chi connectivity index (χ4v) is 6.60. The Morgan fingerprint density at radius 3 is 2.55 bits per heavy atom. The third-order valence-electron chi connectivity index (χ3n) is 8.22. The van der Waals surface area contributed by atoms with Gasteiger partial charge in [0.25, 0.3) is 0 Å². The lowest BCUT2D eigenvalue weighted by atomic mass is 9.68. The van der Waals surface area contributed by atoms with Crippen LogP contribution < -0.4 is 4.90 Å². The van der Waals surface area contributed by atoms with Gasteiger partial charge >= 0.3 is 0 Å². The molecular formula is C32H36FNO4. The van der Waals surface area contributed by atoms with Gasteiger partial charge in [-0.3, -0.25) is 14.5 Å². The van der Waals surface area contributed by atoms with Gasteiger partial charge < -0.3 is 9.84 Å². The van der Waals surface area contributed by atoms with Gasteiger partial charge in [0.15, 0.2) is 11.6 Å². The molecule has 2 aromatic rings. The van der Waals surface area contributed by atoms with Crippen LogP contribution in [0.4, 0.5) is 10.1 Å². The summed E-state index contributed by atoms with van der Waals surface area (Å²) in [6.45, 7) is 4.74. The quantitative estimate of drug-likeness (QED) is 0.293. The van der Waals surface area contributed by atoms with Crippen LogP contribution in [0.15, 0.2) is 65.3 Å². The zero-order chi connectivity index (χ0) is 26.8. The Kier molecular flexibility index (Phi) is 7.80. The number of anilines is 1. The second-order valence-corrected chi connectivity index (χ2v) is 10.7. The molecule has 0 radical (unpaired) electrons. The van der Waals surface area contributed by atoms with E-state index in [2.05, 4.69) is 13.8 Å². The highest BCUT2D eigenvalue weighted by Crippen LogP contribution is 2.51. The van der Waals surface area contributed by atoms with Gasteiger partial charge in [0.05, 0.1) is 30.2 Å². The third-order valence-corrected chi connectivity index (χ3v) is 8.22. The molecule has 6 heteroatoms. The topological polar surface area (TPSA) is 66.8 Å². The molecule has 0 aromatic heterocycles. The predicted octanol–water partition coefficient (Wildman–Crippen LogP) is 6.82. The lowest BCUT2D eigenvalue weighted by molar-refractivity contribution is -0.122. The zero-order valence-corrected chi connectivity index (χ0v) is 22.2. The van der Waals surface area contributed by atoms with Crippen LogP contribution in [0.3, 0.4) is 0 Å². The molecule has 200 valence electrons. The summed E-state index contributed by atoms with van der Waals surface area (Å²) < 4.78 is 20.3. The number of imide groups is 1. The van der Waals surface area contributed by atoms with Crippen LogP contribution in [-0.4, -0.2) is 29.6 Å². The molecule has 1 aliphatic carbocycles. The van der Waals surface area contributed by atoms with Crippen LogP contribution in [0.5, 0.6) is 5.75 Å². The number of hydrogen-bond donors (Lipinski definition) is 1. The van der Waals surface area contributed by atoms with Gasteiger partial charge in [-0.2, -0.15) is 0 Å². The van der Waals surface area contributed by atoms with Crippen LogP contribution in [0.1, 0.15) is 64.4 Å². The number of carbonyl (C=O) groups excluding carboxylic acids is 2. The summed E-state index contributed by atoms with van der Waals surface area (Å²) >= 11 is 0. The fourth-order valence-electron chi connectivity index (χ4n) is 6.60. The first kappa shape index (κ1) is 26.4. The molecule has 0 saturated carbocycles. The van der Waals surface area contributed by atoms with Crippen molar-refractivity contribution < 1.29 is 23.8 Å². The van der Waals surface area contributed by atoms with Gasteiger partial charge in [-0.15, -0.1) is 0 Å². The fraction of sp³-hybridized carbons (Fsp3) is 0.438. The van der Waals surface area contributed by atoms with E-state index in [-0.39, 0.29) is 41.4 Å². The van der Waals surface area contributed by atoms with Crippen molar-refractivity contribution in [3.05, 3.63) is 76.6 Å². The Morgan fingerprint density at radius 2 is 1.84 bits per heavy atom. The molecule has 1 N–H and O–H groups in total. The number of aromatic hydroxyl groups is 1. The second-order valence-electron chi connectivity index (χ2n) is 10.7. The van der Waals surface area contributed by atoms with E-state index in [1.807, 2.05) is 36.4 Å². The zero-order valence-electron chi connectivity index (χ0n) is 22.2. The standard InChI is InChI=1S/C32H36FNO4/c1-3-8-20(16-21-12-14-27(35)26(33)17-21)13-15-28-29-22(9-4-2)18-24-30(25(29)19-38-28)32(37)34(31(24)36)23-10-6-5-7-11-23/h5-7,10-12,14,16-17,24-25,28,30,35H,3-4,8-9,13,15,18-19H2,1-2H3/b20-16+/t24-,25+,28-,30-/m1/s1. The largest absolute Gasteiger partial charge is 0.505 e. The summed E-state index contributed by atoms with van der Waals surface area (Å²) in [7, 11) is 0. The summed E-state index contributed by atoms with van der Waals surface area (Å²) in [6, 6.07) is 13.7. The number of nitrogens with zero attached hydrogens (tertiary/aromatic N) is 1. The van der Waals surface area contributed by atoms with E-state index >= 15 is 0 Å². The number of phenols is 1. The van der Waals surface area contributed by atoms with Crippen molar-refractivity contribution in [1.29, 1.82) is 0 Å². The molecule has 0 bridgehead atoms. The molecule has 4 atom stereocenters. The maximum Gasteiger partial charge on any atom is 0.238 e. The average Bonchev–Trinajstić information content (AvgIpc) is 3.44. The number of phenolic OH excluding ortho intramolecular Hbond substituents is 1. The molecule has 38 heavy (non-hydrogen) atoms. The van der Waals surface area contributed by atoms with Crippen LogP contribution in [0, 0.1) is 23.6 Å². The van der Waals surface area contributed by atoms with Crippen LogP contribution in [0.2, 0.25) is 0 Å². The van der Waals surface area contributed by atoms with E-state index in [1.165, 1.54) is 33.8 Å². The van der Waals surface area contributed by atoms with Crippen molar-refractivity contribution in [2.24, 2.45) is 17.8 Å². The van der Waals surface area contributed by atoms with Crippen molar-refractivity contribution in [2.75, 3.05) is 11.5 Å². The summed E-state index contributed by atoms with van der Waals surface area (Å²) in [5, 5.41) is 9.52. The number of halogens is 1. The number of fused-ring (bicyclic) bond motifs is 3. The highest BCUT2D eigenvalue weighted by Gasteiger charge is 2.57. The minimum absolute atomic E-state index is 0.0599. The number of allylic oxidation sites excluding steroid dienone is 2. The van der Waals surface area contributed by atoms with Crippen molar-refractivity contribution in [3.8, 4) is 5.75 Å². The molecule has 2 amide bonds. The van der Waals surface area contributed by atoms with E-state index in [1.54, 1.807) is 6.07 Å². The first-order valence-electron chi connectivity index (χ1n) is 13.9. The number of ether oxygens (including phenoxy) is 1. The monoisotopic (exact) mass is 517 g/mol. The van der Waals surface area contributed by atoms with Crippen LogP contribution >= 0.6 is 0 Å². The van der Waals surface area contributed by atoms with E-state index in [4.69, 9.17) is 4.74 Å². The SMILES string of the molecule is CCCC1=C2[C@@H](CC/C(=C/c3ccc(O)c(F)c3)CCC)OC[C@@H]2[C@@H]2C(=O)N(c3ccccc3)C(=O)[C@@H]2C1. The molecule has 0 spiro atoms. The maximum atomic E-state index is 13.9. The Labute approximate surface area is 224 Å². The van der Waals surface area contributed by atoms with E-state index < -0.39 is 5.82 Å². The number of rotatable bonds is 9. The molecule has 5 nitrogen and oxygen atoms in total. The highest BCUT2D eigenvalue weighted by atomic mass is 19.1. The van der Waals surface area contributed by atoms with Gasteiger partial charge in [0, 0.05) is 5.92 Å². The van der Waals surface area contributed by atoms with Gasteiger partial charge in [-0.25, -0.2) is 4.39 Å². The van der Waals surface area contributed by atoms with Crippen LogP contribution in [0.25, 0.3) is 6.08 Å². The minimum atomic E-state index is -0.622. The number of hydrogen-bond acceptors (Lipinski definition) is 4. The lowest BCUT2D eigenvalue weighted by Gasteiger charge is -2.32. The van der Waals surface area contributed by atoms with Crippen molar-refractivity contribution in [3.63, 3.8) is 0 Å². The Morgan fingerprint density at radius 1 is 1.05 bits per heavy atom. The molecule has 5 rings (SSSR count). The molecule has 2 aliphatic heterocycles. The first-order valence-corrected chi connectivity index (χ1v) is 13.9. The number of para-hydroxylation sites is 1. The summed E-state index contributed by atoms with van der Waals surface area (Å²) in [5.41, 5.74) is 5.12. The van der Waals surface area contributed by atoms with E-state index in [0.717, 1.165) is 44.1 Å². The van der Waals surface area contributed by atoms with E-state index in [9.17, 15) is 19.1 Å². The molecular weight excluding hydrogens is 481 g/mol. The van der Waals surface area contributed by atoms with Gasteiger partial charge in [-0.05, 0) is 67.5 Å². The van der Waals surface area contributed by atoms with Crippen molar-refractivity contribution in [2.45, 2.75) is 64.9 Å². The minimum Gasteiger partial charge on any atom is -0.505 e. The number of carbonyl (C=O) groups is 2. The summed E-state index contributed by atoms with van der Waals surface area (Å²) in [5.74, 6) is -1.90. The highest BCUT2D eigenvalue weighted by molar-refractivity contribution is 6.22. The van der Waals surface area contributed by atoms with E-state index in [0.29, 0.717) is 18.7 Å². The molecule has 0 unspecified atom stereocenters. The van der Waals surface area contributed by atoms with Gasteiger partial charge in [0.1, 0.15) is 0 Å². The molecule has 2 fully saturated rings. The van der Waals surface area contributed by atoms with Crippen molar-refractivity contribution in [1.82, 2.24) is 0 Å². The number of benzene rings is 2. The lowest BCUT2D eigenvalue weighted by Crippen LogP contribution is -2.34. The smallest absolute Gasteiger partial charge is 0.238 e. The molecule has 2 saturated heterocycles. The Balaban J connectivity index is 1.38. The molecule has 3 aliphatic rings. The molecule has 2 heterocycles. The maximum absolute atomic E-state index is 13.9. The molecule has 2 aromatic carbocycles. The third kappa shape index (κ3) is 4.94. The number of amides is 2. The average molecular weight is 518 g/mol. The van der Waals surface area contributed by atoms with Crippen LogP contribution in [-0.2, 0) is 14.3 Å². The van der Waals surface area contributed by atoms with Gasteiger partial charge in [0.2, 0.25) is 11.8 Å².